The SMILES string of the molecule is COc1ccc2c(c1)-c1[nH]c3ccc(C)cc3c1CC(=O)N2. The third-order valence-corrected chi connectivity index (χ3v) is 4.17. The molecule has 1 amide bonds. The Kier molecular flexibility index (Phi) is 2.73. The summed E-state index contributed by atoms with van der Waals surface area (Å²) in [5.74, 6) is 0.781. The van der Waals surface area contributed by atoms with Crippen LogP contribution in [0.5, 0.6) is 5.75 Å². The number of hydrogen-bond donors (Lipinski definition) is 2. The van der Waals surface area contributed by atoms with Gasteiger partial charge in [0.25, 0.3) is 0 Å². The van der Waals surface area contributed by atoms with Gasteiger partial charge in [0.05, 0.1) is 24.9 Å². The van der Waals surface area contributed by atoms with E-state index in [-0.39, 0.29) is 5.91 Å². The summed E-state index contributed by atoms with van der Waals surface area (Å²) in [6.07, 6.45) is 0.371. The summed E-state index contributed by atoms with van der Waals surface area (Å²) in [5, 5.41) is 4.08. The molecule has 0 radical (unpaired) electrons. The van der Waals surface area contributed by atoms with Gasteiger partial charge in [0.2, 0.25) is 5.91 Å². The van der Waals surface area contributed by atoms with Gasteiger partial charge in [-0.25, -0.2) is 0 Å². The molecule has 0 spiro atoms. The summed E-state index contributed by atoms with van der Waals surface area (Å²) >= 11 is 0. The number of fused-ring (bicyclic) bond motifs is 5. The van der Waals surface area contributed by atoms with Gasteiger partial charge in [-0.2, -0.15) is 0 Å². The van der Waals surface area contributed by atoms with Crippen LogP contribution in [0.1, 0.15) is 11.1 Å². The Bertz CT molecular complexity index is 909. The van der Waals surface area contributed by atoms with Crippen LogP contribution >= 0.6 is 0 Å². The minimum Gasteiger partial charge on any atom is -0.497 e. The fraction of sp³-hybridized carbons (Fsp3) is 0.167. The zero-order valence-corrected chi connectivity index (χ0v) is 12.5. The number of aromatic amines is 1. The molecule has 0 fully saturated rings. The highest BCUT2D eigenvalue weighted by atomic mass is 16.5. The molecule has 0 aliphatic carbocycles. The Morgan fingerprint density at radius 1 is 1.14 bits per heavy atom. The van der Waals surface area contributed by atoms with Crippen molar-refractivity contribution in [3.8, 4) is 17.0 Å². The van der Waals surface area contributed by atoms with Crippen LogP contribution in [-0.2, 0) is 11.2 Å². The lowest BCUT2D eigenvalue weighted by Gasteiger charge is -2.09. The lowest BCUT2D eigenvalue weighted by atomic mass is 10.0. The summed E-state index contributed by atoms with van der Waals surface area (Å²) in [5.41, 5.74) is 6.06. The minimum absolute atomic E-state index is 0.00701. The van der Waals surface area contributed by atoms with Gasteiger partial charge in [-0.1, -0.05) is 11.6 Å². The Hall–Kier alpha value is -2.75. The first kappa shape index (κ1) is 13.0. The molecule has 4 nitrogen and oxygen atoms in total. The van der Waals surface area contributed by atoms with Gasteiger partial charge in [-0.3, -0.25) is 4.79 Å². The van der Waals surface area contributed by atoms with E-state index in [0.29, 0.717) is 6.42 Å². The molecule has 1 aliphatic heterocycles. The zero-order chi connectivity index (χ0) is 15.3. The van der Waals surface area contributed by atoms with Crippen LogP contribution in [0.4, 0.5) is 5.69 Å². The van der Waals surface area contributed by atoms with Crippen molar-refractivity contribution in [2.24, 2.45) is 0 Å². The first-order chi connectivity index (χ1) is 10.7. The Morgan fingerprint density at radius 3 is 2.82 bits per heavy atom. The molecule has 0 saturated heterocycles. The van der Waals surface area contributed by atoms with Gasteiger partial charge in [0.15, 0.2) is 0 Å². The van der Waals surface area contributed by atoms with Crippen molar-refractivity contribution in [2.75, 3.05) is 12.4 Å². The second-order valence-electron chi connectivity index (χ2n) is 5.66. The molecule has 110 valence electrons. The van der Waals surface area contributed by atoms with Crippen molar-refractivity contribution >= 4 is 22.5 Å². The number of aromatic nitrogens is 1. The van der Waals surface area contributed by atoms with E-state index in [1.807, 2.05) is 18.2 Å². The third kappa shape index (κ3) is 1.88. The van der Waals surface area contributed by atoms with Crippen molar-refractivity contribution < 1.29 is 9.53 Å². The number of methoxy groups -OCH3 is 1. The maximum absolute atomic E-state index is 12.2. The average Bonchev–Trinajstić information content (AvgIpc) is 2.78. The zero-order valence-electron chi connectivity index (χ0n) is 12.5. The average molecular weight is 292 g/mol. The first-order valence-electron chi connectivity index (χ1n) is 7.25. The largest absolute Gasteiger partial charge is 0.497 e. The van der Waals surface area contributed by atoms with Crippen LogP contribution in [0.3, 0.4) is 0 Å². The predicted molar refractivity (Wildman–Crippen MR) is 87.4 cm³/mol. The summed E-state index contributed by atoms with van der Waals surface area (Å²) < 4.78 is 5.33. The molecule has 2 N–H and O–H groups in total. The molecule has 0 unspecified atom stereocenters. The quantitative estimate of drug-likeness (QED) is 0.719. The lowest BCUT2D eigenvalue weighted by molar-refractivity contribution is -0.115. The number of rotatable bonds is 1. The van der Waals surface area contributed by atoms with E-state index in [4.69, 9.17) is 4.74 Å². The maximum atomic E-state index is 12.2. The Morgan fingerprint density at radius 2 is 2.00 bits per heavy atom. The number of amides is 1. The number of ether oxygens (including phenoxy) is 1. The van der Waals surface area contributed by atoms with E-state index in [9.17, 15) is 4.79 Å². The monoisotopic (exact) mass is 292 g/mol. The van der Waals surface area contributed by atoms with E-state index in [2.05, 4.69) is 35.4 Å². The number of benzene rings is 2. The molecular formula is C18H16N2O2. The third-order valence-electron chi connectivity index (χ3n) is 4.17. The molecule has 22 heavy (non-hydrogen) atoms. The van der Waals surface area contributed by atoms with Crippen molar-refractivity contribution in [1.82, 2.24) is 4.98 Å². The van der Waals surface area contributed by atoms with Crippen molar-refractivity contribution in [1.29, 1.82) is 0 Å². The summed E-state index contributed by atoms with van der Waals surface area (Å²) in [6.45, 7) is 2.06. The van der Waals surface area contributed by atoms with Crippen molar-refractivity contribution in [3.05, 3.63) is 47.5 Å². The van der Waals surface area contributed by atoms with Crippen LogP contribution in [0, 0.1) is 6.92 Å². The van der Waals surface area contributed by atoms with Crippen molar-refractivity contribution in [2.45, 2.75) is 13.3 Å². The van der Waals surface area contributed by atoms with E-state index >= 15 is 0 Å². The van der Waals surface area contributed by atoms with Crippen LogP contribution < -0.4 is 10.1 Å². The van der Waals surface area contributed by atoms with Gasteiger partial charge >= 0.3 is 0 Å². The number of nitrogens with one attached hydrogen (secondary N) is 2. The number of carbonyl (C=O) groups is 1. The lowest BCUT2D eigenvalue weighted by Crippen LogP contribution is -2.12. The van der Waals surface area contributed by atoms with E-state index < -0.39 is 0 Å². The highest BCUT2D eigenvalue weighted by molar-refractivity contribution is 6.05. The Labute approximate surface area is 128 Å². The molecule has 0 saturated carbocycles. The van der Waals surface area contributed by atoms with Gasteiger partial charge < -0.3 is 15.0 Å². The highest BCUT2D eigenvalue weighted by Gasteiger charge is 2.23. The highest BCUT2D eigenvalue weighted by Crippen LogP contribution is 2.39. The molecule has 2 aromatic carbocycles. The molecule has 2 heterocycles. The van der Waals surface area contributed by atoms with Gasteiger partial charge in [-0.15, -0.1) is 0 Å². The summed E-state index contributed by atoms with van der Waals surface area (Å²) in [6, 6.07) is 12.0. The molecule has 0 bridgehead atoms. The second-order valence-corrected chi connectivity index (χ2v) is 5.66. The fourth-order valence-corrected chi connectivity index (χ4v) is 3.10. The van der Waals surface area contributed by atoms with E-state index in [0.717, 1.165) is 39.2 Å². The molecule has 1 aliphatic rings. The molecule has 3 aromatic rings. The number of aryl methyl sites for hydroxylation is 1. The van der Waals surface area contributed by atoms with Crippen LogP contribution in [0.2, 0.25) is 0 Å². The van der Waals surface area contributed by atoms with Gasteiger partial charge in [0, 0.05) is 16.5 Å². The van der Waals surface area contributed by atoms with Crippen LogP contribution in [-0.4, -0.2) is 18.0 Å². The number of anilines is 1. The first-order valence-corrected chi connectivity index (χ1v) is 7.25. The number of carbonyl (C=O) groups excluding carboxylic acids is 1. The smallest absolute Gasteiger partial charge is 0.228 e. The van der Waals surface area contributed by atoms with Gasteiger partial charge in [-0.05, 0) is 42.8 Å². The van der Waals surface area contributed by atoms with Crippen LogP contribution in [0.15, 0.2) is 36.4 Å². The molecule has 4 heteroatoms. The summed E-state index contributed by atoms with van der Waals surface area (Å²) in [4.78, 5) is 15.7. The van der Waals surface area contributed by atoms with Crippen molar-refractivity contribution in [3.63, 3.8) is 0 Å². The topological polar surface area (TPSA) is 54.1 Å². The minimum atomic E-state index is 0.00701. The van der Waals surface area contributed by atoms with Gasteiger partial charge in [0.1, 0.15) is 5.75 Å². The number of hydrogen-bond acceptors (Lipinski definition) is 2. The molecule has 4 rings (SSSR count). The van der Waals surface area contributed by atoms with E-state index in [1.165, 1.54) is 5.56 Å². The number of H-pyrrole nitrogens is 1. The summed E-state index contributed by atoms with van der Waals surface area (Å²) in [7, 11) is 1.65. The Balaban J connectivity index is 2.06. The second kappa shape index (κ2) is 4.63. The standard InChI is InChI=1S/C18H16N2O2/c1-10-3-5-15-12(7-10)13-9-17(21)19-16-6-4-11(22-2)8-14(16)18(13)20-15/h3-8,20H,9H2,1-2H3,(H,19,21). The fourth-order valence-electron chi connectivity index (χ4n) is 3.10. The van der Waals surface area contributed by atoms with E-state index in [1.54, 1.807) is 7.11 Å². The molecular weight excluding hydrogens is 276 g/mol. The predicted octanol–water partition coefficient (Wildman–Crippen LogP) is 3.65. The normalized spacial score (nSPS) is 13.3. The molecule has 0 atom stereocenters. The molecule has 1 aromatic heterocycles. The van der Waals surface area contributed by atoms with Crippen LogP contribution in [0.25, 0.3) is 22.2 Å². The maximum Gasteiger partial charge on any atom is 0.228 e.